The number of nitrogens with one attached hydrogen (secondary N) is 1. The van der Waals surface area contributed by atoms with Crippen molar-refractivity contribution in [2.45, 2.75) is 18.9 Å². The second-order valence-electron chi connectivity index (χ2n) is 4.95. The van der Waals surface area contributed by atoms with Crippen molar-refractivity contribution >= 4 is 17.2 Å². The maximum Gasteiger partial charge on any atom is 0.149 e. The van der Waals surface area contributed by atoms with Gasteiger partial charge < -0.3 is 9.88 Å². The van der Waals surface area contributed by atoms with Crippen LogP contribution in [0.25, 0.3) is 11.0 Å². The third-order valence-electron chi connectivity index (χ3n) is 3.50. The molecule has 1 aliphatic rings. The highest BCUT2D eigenvalue weighted by molar-refractivity contribution is 5.83. The molecule has 1 N–H and O–H groups in total. The predicted molar refractivity (Wildman–Crippen MR) is 74.2 cm³/mol. The van der Waals surface area contributed by atoms with Crippen LogP contribution in [0.1, 0.15) is 18.7 Å². The molecule has 0 saturated carbocycles. The number of piperidine rings is 1. The van der Waals surface area contributed by atoms with Crippen LogP contribution in [0.15, 0.2) is 29.3 Å². The Morgan fingerprint density at radius 3 is 2.89 bits per heavy atom. The summed E-state index contributed by atoms with van der Waals surface area (Å²) in [5.74, 6) is 0.857. The predicted octanol–water partition coefficient (Wildman–Crippen LogP) is 2.08. The second-order valence-corrected chi connectivity index (χ2v) is 4.95. The van der Waals surface area contributed by atoms with Gasteiger partial charge in [0.15, 0.2) is 0 Å². The topological polar surface area (TPSA) is 44.3 Å². The molecule has 3 rings (SSSR count). The van der Waals surface area contributed by atoms with Gasteiger partial charge in [0, 0.05) is 0 Å². The highest BCUT2D eigenvalue weighted by atomic mass is 15.1. The molecule has 0 atom stereocenters. The summed E-state index contributed by atoms with van der Waals surface area (Å²) in [6.07, 6.45) is 4.18. The molecule has 1 aromatic carbocycles. The van der Waals surface area contributed by atoms with Crippen molar-refractivity contribution < 1.29 is 0 Å². The molecule has 0 spiro atoms. The number of nitrogens with zero attached hydrogens (tertiary/aromatic N) is 3. The minimum atomic E-state index is 0.453. The summed E-state index contributed by atoms with van der Waals surface area (Å²) < 4.78 is 0. The van der Waals surface area contributed by atoms with E-state index in [0.29, 0.717) is 6.04 Å². The quantitative estimate of drug-likeness (QED) is 0.819. The van der Waals surface area contributed by atoms with Crippen LogP contribution in [0, 0.1) is 0 Å². The van der Waals surface area contributed by atoms with Gasteiger partial charge in [-0.1, -0.05) is 12.1 Å². The zero-order valence-corrected chi connectivity index (χ0v) is 10.6. The first-order valence-corrected chi connectivity index (χ1v) is 6.48. The molecule has 2 heterocycles. The average Bonchev–Trinajstić information content (AvgIpc) is 2.81. The summed E-state index contributed by atoms with van der Waals surface area (Å²) in [5.41, 5.74) is 2.07. The molecule has 1 fully saturated rings. The van der Waals surface area contributed by atoms with Crippen molar-refractivity contribution in [2.75, 3.05) is 20.1 Å². The molecule has 1 saturated heterocycles. The maximum absolute atomic E-state index is 4.64. The summed E-state index contributed by atoms with van der Waals surface area (Å²) in [4.78, 5) is 14.8. The van der Waals surface area contributed by atoms with Gasteiger partial charge in [-0.05, 0) is 45.1 Å². The number of para-hydroxylation sites is 2. The molecule has 2 aromatic rings. The number of aromatic nitrogens is 2. The fraction of sp³-hybridized carbons (Fsp3) is 0.429. The van der Waals surface area contributed by atoms with Gasteiger partial charge in [-0.25, -0.2) is 4.98 Å². The van der Waals surface area contributed by atoms with E-state index in [1.807, 2.05) is 30.5 Å². The zero-order chi connectivity index (χ0) is 12.4. The van der Waals surface area contributed by atoms with E-state index in [-0.39, 0.29) is 0 Å². The van der Waals surface area contributed by atoms with E-state index >= 15 is 0 Å². The van der Waals surface area contributed by atoms with Crippen molar-refractivity contribution in [3.63, 3.8) is 0 Å². The van der Waals surface area contributed by atoms with Crippen LogP contribution in [0.3, 0.4) is 0 Å². The number of aliphatic imine (C=N–C) groups is 1. The van der Waals surface area contributed by atoms with E-state index in [1.165, 1.54) is 0 Å². The molecule has 1 aromatic heterocycles. The molecule has 0 amide bonds. The Hall–Kier alpha value is -1.68. The average molecular weight is 242 g/mol. The first kappa shape index (κ1) is 11.4. The normalized spacial score (nSPS) is 18.9. The SMILES string of the molecule is CN1CCC(/N=C/c2nc3ccccc3[nH]2)CC1. The number of hydrogen-bond donors (Lipinski definition) is 1. The number of H-pyrrole nitrogens is 1. The lowest BCUT2D eigenvalue weighted by molar-refractivity contribution is 0.257. The van der Waals surface area contributed by atoms with Gasteiger partial charge in [0.05, 0.1) is 23.3 Å². The molecule has 0 bridgehead atoms. The Balaban J connectivity index is 1.71. The molecule has 4 nitrogen and oxygen atoms in total. The summed E-state index contributed by atoms with van der Waals surface area (Å²) in [5, 5.41) is 0. The number of fused-ring (bicyclic) bond motifs is 1. The number of imidazole rings is 1. The molecule has 94 valence electrons. The molecule has 0 aliphatic carbocycles. The van der Waals surface area contributed by atoms with Gasteiger partial charge in [-0.15, -0.1) is 0 Å². The zero-order valence-electron chi connectivity index (χ0n) is 10.6. The van der Waals surface area contributed by atoms with Gasteiger partial charge in [0.1, 0.15) is 5.82 Å². The fourth-order valence-corrected chi connectivity index (χ4v) is 2.35. The first-order chi connectivity index (χ1) is 8.81. The van der Waals surface area contributed by atoms with Crippen LogP contribution < -0.4 is 0 Å². The summed E-state index contributed by atoms with van der Waals surface area (Å²) >= 11 is 0. The van der Waals surface area contributed by atoms with E-state index in [4.69, 9.17) is 0 Å². The van der Waals surface area contributed by atoms with Crippen LogP contribution >= 0.6 is 0 Å². The van der Waals surface area contributed by atoms with Crippen LogP contribution in [0.5, 0.6) is 0 Å². The molecule has 0 radical (unpaired) electrons. The van der Waals surface area contributed by atoms with Gasteiger partial charge in [0.25, 0.3) is 0 Å². The smallest absolute Gasteiger partial charge is 0.149 e. The highest BCUT2D eigenvalue weighted by Gasteiger charge is 2.14. The van der Waals surface area contributed by atoms with Crippen molar-refractivity contribution in [3.05, 3.63) is 30.1 Å². The maximum atomic E-state index is 4.64. The van der Waals surface area contributed by atoms with Gasteiger partial charge in [-0.3, -0.25) is 4.99 Å². The molecular formula is C14H18N4. The molecule has 18 heavy (non-hydrogen) atoms. The van der Waals surface area contributed by atoms with Crippen LogP contribution in [0.2, 0.25) is 0 Å². The fourth-order valence-electron chi connectivity index (χ4n) is 2.35. The van der Waals surface area contributed by atoms with E-state index in [2.05, 4.69) is 26.9 Å². The van der Waals surface area contributed by atoms with Crippen molar-refractivity contribution in [1.82, 2.24) is 14.9 Å². The van der Waals surface area contributed by atoms with Crippen LogP contribution in [0.4, 0.5) is 0 Å². The minimum Gasteiger partial charge on any atom is -0.337 e. The monoisotopic (exact) mass is 242 g/mol. The van der Waals surface area contributed by atoms with Crippen LogP contribution in [-0.4, -0.2) is 47.3 Å². The van der Waals surface area contributed by atoms with E-state index in [0.717, 1.165) is 42.8 Å². The largest absolute Gasteiger partial charge is 0.337 e. The van der Waals surface area contributed by atoms with Crippen molar-refractivity contribution in [2.24, 2.45) is 4.99 Å². The van der Waals surface area contributed by atoms with Crippen LogP contribution in [-0.2, 0) is 0 Å². The van der Waals surface area contributed by atoms with E-state index in [1.54, 1.807) is 0 Å². The lowest BCUT2D eigenvalue weighted by Crippen LogP contribution is -2.32. The number of likely N-dealkylation sites (tertiary alicyclic amines) is 1. The number of benzene rings is 1. The lowest BCUT2D eigenvalue weighted by Gasteiger charge is -2.26. The van der Waals surface area contributed by atoms with Crippen molar-refractivity contribution in [3.8, 4) is 0 Å². The second kappa shape index (κ2) is 4.90. The standard InChI is InChI=1S/C14H18N4/c1-18-8-6-11(7-9-18)15-10-14-16-12-4-2-3-5-13(12)17-14/h2-5,10-11H,6-9H2,1H3,(H,16,17)/b15-10+. The summed E-state index contributed by atoms with van der Waals surface area (Å²) in [6.45, 7) is 2.28. The number of rotatable bonds is 2. The first-order valence-electron chi connectivity index (χ1n) is 6.48. The Morgan fingerprint density at radius 2 is 2.11 bits per heavy atom. The minimum absolute atomic E-state index is 0.453. The van der Waals surface area contributed by atoms with Crippen molar-refractivity contribution in [1.29, 1.82) is 0 Å². The van der Waals surface area contributed by atoms with Gasteiger partial charge >= 0.3 is 0 Å². The molecular weight excluding hydrogens is 224 g/mol. The highest BCUT2D eigenvalue weighted by Crippen LogP contribution is 2.13. The van der Waals surface area contributed by atoms with E-state index in [9.17, 15) is 0 Å². The Bertz CT molecular complexity index is 517. The molecule has 0 unspecified atom stereocenters. The third-order valence-corrected chi connectivity index (χ3v) is 3.50. The summed E-state index contributed by atoms with van der Waals surface area (Å²) in [6, 6.07) is 8.52. The number of hydrogen-bond acceptors (Lipinski definition) is 3. The lowest BCUT2D eigenvalue weighted by atomic mass is 10.1. The van der Waals surface area contributed by atoms with Gasteiger partial charge in [-0.2, -0.15) is 0 Å². The van der Waals surface area contributed by atoms with E-state index < -0.39 is 0 Å². The Labute approximate surface area is 107 Å². The molecule has 1 aliphatic heterocycles. The Kier molecular flexibility index (Phi) is 3.11. The third kappa shape index (κ3) is 2.43. The molecule has 4 heteroatoms. The Morgan fingerprint density at radius 1 is 1.33 bits per heavy atom. The van der Waals surface area contributed by atoms with Gasteiger partial charge in [0.2, 0.25) is 0 Å². The summed E-state index contributed by atoms with van der Waals surface area (Å²) in [7, 11) is 2.17. The number of aromatic amines is 1.